The Morgan fingerprint density at radius 3 is 2.37 bits per heavy atom. The lowest BCUT2D eigenvalue weighted by molar-refractivity contribution is 0.281. The van der Waals surface area contributed by atoms with E-state index in [2.05, 4.69) is 4.90 Å². The smallest absolute Gasteiger partial charge is 0.123 e. The van der Waals surface area contributed by atoms with Gasteiger partial charge >= 0.3 is 0 Å². The Bertz CT molecular complexity index is 551. The SMILES string of the molecule is CCN(c1ccc(C)cc1)c1ccc(F)cc1CO. The van der Waals surface area contributed by atoms with E-state index < -0.39 is 0 Å². The molecule has 0 saturated carbocycles. The van der Waals surface area contributed by atoms with Crippen LogP contribution in [0.3, 0.4) is 0 Å². The summed E-state index contributed by atoms with van der Waals surface area (Å²) in [5, 5.41) is 9.38. The van der Waals surface area contributed by atoms with Gasteiger partial charge in [0, 0.05) is 23.5 Å². The summed E-state index contributed by atoms with van der Waals surface area (Å²) in [5.74, 6) is -0.326. The number of rotatable bonds is 4. The first kappa shape index (κ1) is 13.6. The van der Waals surface area contributed by atoms with E-state index in [1.54, 1.807) is 6.07 Å². The van der Waals surface area contributed by atoms with Crippen LogP contribution in [-0.2, 0) is 6.61 Å². The molecular weight excluding hydrogens is 241 g/mol. The zero-order valence-corrected chi connectivity index (χ0v) is 11.2. The van der Waals surface area contributed by atoms with Crippen molar-refractivity contribution >= 4 is 11.4 Å². The van der Waals surface area contributed by atoms with Crippen LogP contribution in [0.1, 0.15) is 18.1 Å². The molecule has 0 aromatic heterocycles. The van der Waals surface area contributed by atoms with Gasteiger partial charge in [-0.05, 0) is 44.2 Å². The van der Waals surface area contributed by atoms with Crippen molar-refractivity contribution < 1.29 is 9.50 Å². The molecule has 0 fully saturated rings. The third-order valence-electron chi connectivity index (χ3n) is 3.16. The molecule has 0 saturated heterocycles. The van der Waals surface area contributed by atoms with Crippen molar-refractivity contribution in [3.05, 3.63) is 59.4 Å². The summed E-state index contributed by atoms with van der Waals surface area (Å²) < 4.78 is 13.2. The average Bonchev–Trinajstić information content (AvgIpc) is 2.43. The maximum atomic E-state index is 13.2. The van der Waals surface area contributed by atoms with Crippen molar-refractivity contribution in [2.45, 2.75) is 20.5 Å². The lowest BCUT2D eigenvalue weighted by Crippen LogP contribution is -2.17. The van der Waals surface area contributed by atoms with E-state index in [0.29, 0.717) is 5.56 Å². The summed E-state index contributed by atoms with van der Waals surface area (Å²) in [6, 6.07) is 12.7. The highest BCUT2D eigenvalue weighted by Crippen LogP contribution is 2.29. The molecule has 19 heavy (non-hydrogen) atoms. The molecule has 0 amide bonds. The highest BCUT2D eigenvalue weighted by Gasteiger charge is 2.12. The van der Waals surface area contributed by atoms with Crippen LogP contribution in [-0.4, -0.2) is 11.7 Å². The minimum absolute atomic E-state index is 0.171. The number of aryl methyl sites for hydroxylation is 1. The number of anilines is 2. The van der Waals surface area contributed by atoms with E-state index in [-0.39, 0.29) is 12.4 Å². The Kier molecular flexibility index (Phi) is 4.17. The predicted octanol–water partition coefficient (Wildman–Crippen LogP) is 3.78. The van der Waals surface area contributed by atoms with Crippen LogP contribution in [0, 0.1) is 12.7 Å². The van der Waals surface area contributed by atoms with Gasteiger partial charge in [-0.1, -0.05) is 17.7 Å². The van der Waals surface area contributed by atoms with E-state index in [1.165, 1.54) is 17.7 Å². The van der Waals surface area contributed by atoms with Gasteiger partial charge in [-0.15, -0.1) is 0 Å². The number of aliphatic hydroxyl groups excluding tert-OH is 1. The fourth-order valence-electron chi connectivity index (χ4n) is 2.16. The Morgan fingerprint density at radius 1 is 1.11 bits per heavy atom. The second-order valence-electron chi connectivity index (χ2n) is 4.51. The second-order valence-corrected chi connectivity index (χ2v) is 4.51. The van der Waals surface area contributed by atoms with E-state index in [1.807, 2.05) is 38.1 Å². The van der Waals surface area contributed by atoms with Crippen LogP contribution in [0.4, 0.5) is 15.8 Å². The summed E-state index contributed by atoms with van der Waals surface area (Å²) in [6.07, 6.45) is 0. The van der Waals surface area contributed by atoms with E-state index in [0.717, 1.165) is 17.9 Å². The van der Waals surface area contributed by atoms with Gasteiger partial charge in [-0.25, -0.2) is 4.39 Å². The molecule has 0 aliphatic rings. The summed E-state index contributed by atoms with van der Waals surface area (Å²) in [5.41, 5.74) is 3.67. The van der Waals surface area contributed by atoms with Crippen molar-refractivity contribution in [2.75, 3.05) is 11.4 Å². The minimum Gasteiger partial charge on any atom is -0.392 e. The van der Waals surface area contributed by atoms with Crippen molar-refractivity contribution in [3.63, 3.8) is 0 Å². The van der Waals surface area contributed by atoms with Crippen LogP contribution >= 0.6 is 0 Å². The molecule has 0 radical (unpaired) electrons. The van der Waals surface area contributed by atoms with Gasteiger partial charge in [0.1, 0.15) is 5.82 Å². The molecule has 1 N–H and O–H groups in total. The Hall–Kier alpha value is -1.87. The van der Waals surface area contributed by atoms with E-state index in [9.17, 15) is 9.50 Å². The van der Waals surface area contributed by atoms with Gasteiger partial charge in [0.05, 0.1) is 6.61 Å². The molecule has 0 aliphatic heterocycles. The van der Waals surface area contributed by atoms with Crippen LogP contribution in [0.15, 0.2) is 42.5 Å². The van der Waals surface area contributed by atoms with Crippen LogP contribution in [0.25, 0.3) is 0 Å². The number of nitrogens with zero attached hydrogens (tertiary/aromatic N) is 1. The normalized spacial score (nSPS) is 10.5. The Balaban J connectivity index is 2.44. The van der Waals surface area contributed by atoms with Gasteiger partial charge in [0.15, 0.2) is 0 Å². The zero-order chi connectivity index (χ0) is 13.8. The van der Waals surface area contributed by atoms with Crippen LogP contribution in [0.5, 0.6) is 0 Å². The maximum absolute atomic E-state index is 13.2. The molecule has 2 nitrogen and oxygen atoms in total. The lowest BCUT2D eigenvalue weighted by Gasteiger charge is -2.25. The number of hydrogen-bond acceptors (Lipinski definition) is 2. The van der Waals surface area contributed by atoms with Gasteiger partial charge in [0.2, 0.25) is 0 Å². The zero-order valence-electron chi connectivity index (χ0n) is 11.2. The monoisotopic (exact) mass is 259 g/mol. The first-order valence-corrected chi connectivity index (χ1v) is 6.39. The number of halogens is 1. The Morgan fingerprint density at radius 2 is 1.79 bits per heavy atom. The topological polar surface area (TPSA) is 23.5 Å². The fraction of sp³-hybridized carbons (Fsp3) is 0.250. The third kappa shape index (κ3) is 2.93. The molecule has 0 spiro atoms. The summed E-state index contributed by atoms with van der Waals surface area (Å²) in [4.78, 5) is 2.06. The quantitative estimate of drug-likeness (QED) is 0.903. The summed E-state index contributed by atoms with van der Waals surface area (Å²) >= 11 is 0. The second kappa shape index (κ2) is 5.85. The first-order valence-electron chi connectivity index (χ1n) is 6.39. The molecule has 100 valence electrons. The Labute approximate surface area is 113 Å². The van der Waals surface area contributed by atoms with Gasteiger partial charge in [0.25, 0.3) is 0 Å². The molecule has 0 atom stereocenters. The number of benzene rings is 2. The summed E-state index contributed by atoms with van der Waals surface area (Å²) in [6.45, 7) is 4.65. The van der Waals surface area contributed by atoms with E-state index >= 15 is 0 Å². The number of aliphatic hydroxyl groups is 1. The van der Waals surface area contributed by atoms with Gasteiger partial charge < -0.3 is 10.0 Å². The molecule has 0 unspecified atom stereocenters. The average molecular weight is 259 g/mol. The molecule has 2 aromatic carbocycles. The predicted molar refractivity (Wildman–Crippen MR) is 76.2 cm³/mol. The highest BCUT2D eigenvalue weighted by atomic mass is 19.1. The molecule has 2 rings (SSSR count). The van der Waals surface area contributed by atoms with Gasteiger partial charge in [-0.3, -0.25) is 0 Å². The maximum Gasteiger partial charge on any atom is 0.123 e. The standard InChI is InChI=1S/C16H18FNO/c1-3-18(15-7-4-12(2)5-8-15)16-9-6-14(17)10-13(16)11-19/h4-10,19H,3,11H2,1-2H3. The number of hydrogen-bond donors (Lipinski definition) is 1. The fourth-order valence-corrected chi connectivity index (χ4v) is 2.16. The van der Waals surface area contributed by atoms with Gasteiger partial charge in [-0.2, -0.15) is 0 Å². The first-order chi connectivity index (χ1) is 9.15. The lowest BCUT2D eigenvalue weighted by atomic mass is 10.1. The van der Waals surface area contributed by atoms with Crippen LogP contribution in [0.2, 0.25) is 0 Å². The third-order valence-corrected chi connectivity index (χ3v) is 3.16. The molecule has 0 bridgehead atoms. The summed E-state index contributed by atoms with van der Waals surface area (Å²) in [7, 11) is 0. The molecule has 2 aromatic rings. The van der Waals surface area contributed by atoms with Crippen molar-refractivity contribution in [2.24, 2.45) is 0 Å². The van der Waals surface area contributed by atoms with Crippen molar-refractivity contribution in [1.82, 2.24) is 0 Å². The highest BCUT2D eigenvalue weighted by molar-refractivity contribution is 5.66. The molecule has 0 heterocycles. The van der Waals surface area contributed by atoms with Crippen molar-refractivity contribution in [1.29, 1.82) is 0 Å². The van der Waals surface area contributed by atoms with Crippen molar-refractivity contribution in [3.8, 4) is 0 Å². The molecule has 3 heteroatoms. The molecular formula is C16H18FNO. The van der Waals surface area contributed by atoms with Crippen LogP contribution < -0.4 is 4.90 Å². The van der Waals surface area contributed by atoms with E-state index in [4.69, 9.17) is 0 Å². The molecule has 0 aliphatic carbocycles. The largest absolute Gasteiger partial charge is 0.392 e. The minimum atomic E-state index is -0.326.